The average molecular weight is 378 g/mol. The molecule has 2 aromatic heterocycles. The van der Waals surface area contributed by atoms with Crippen molar-refractivity contribution >= 4 is 10.0 Å². The van der Waals surface area contributed by atoms with Crippen molar-refractivity contribution in [3.63, 3.8) is 0 Å². The number of hydrogen-bond donors (Lipinski definition) is 0. The van der Waals surface area contributed by atoms with Crippen LogP contribution in [0, 0.1) is 0 Å². The summed E-state index contributed by atoms with van der Waals surface area (Å²) in [5.74, 6) is 0. The maximum atomic E-state index is 13.0. The van der Waals surface area contributed by atoms with Crippen molar-refractivity contribution in [2.75, 3.05) is 13.2 Å². The molecule has 9 heteroatoms. The van der Waals surface area contributed by atoms with Crippen LogP contribution in [0.15, 0.2) is 41.9 Å². The maximum Gasteiger partial charge on any atom is 0.262 e. The molecule has 26 heavy (non-hydrogen) atoms. The smallest absolute Gasteiger partial charge is 0.262 e. The van der Waals surface area contributed by atoms with Crippen LogP contribution in [0.5, 0.6) is 0 Å². The molecule has 4 heterocycles. The van der Waals surface area contributed by atoms with E-state index in [-0.39, 0.29) is 29.8 Å². The highest BCUT2D eigenvalue weighted by Gasteiger charge is 2.50. The SMILES string of the molecule is Cn1cnc(S(=O)(=O)N2C[C@H](OCc3ccccn3)[C@H]3OCCC[C@H]32)c1. The van der Waals surface area contributed by atoms with Gasteiger partial charge in [0.2, 0.25) is 0 Å². The van der Waals surface area contributed by atoms with Gasteiger partial charge in [-0.15, -0.1) is 0 Å². The first-order valence-corrected chi connectivity index (χ1v) is 10.1. The van der Waals surface area contributed by atoms with Gasteiger partial charge in [-0.05, 0) is 25.0 Å². The summed E-state index contributed by atoms with van der Waals surface area (Å²) < 4.78 is 41.1. The molecule has 8 nitrogen and oxygen atoms in total. The molecule has 0 N–H and O–H groups in total. The van der Waals surface area contributed by atoms with Crippen LogP contribution >= 0.6 is 0 Å². The van der Waals surface area contributed by atoms with E-state index in [2.05, 4.69) is 9.97 Å². The van der Waals surface area contributed by atoms with E-state index >= 15 is 0 Å². The minimum atomic E-state index is -3.68. The Morgan fingerprint density at radius 3 is 2.96 bits per heavy atom. The number of aryl methyl sites for hydroxylation is 1. The zero-order valence-corrected chi connectivity index (χ0v) is 15.4. The fourth-order valence-corrected chi connectivity index (χ4v) is 5.25. The molecule has 0 spiro atoms. The Morgan fingerprint density at radius 2 is 2.23 bits per heavy atom. The van der Waals surface area contributed by atoms with E-state index in [0.29, 0.717) is 13.2 Å². The van der Waals surface area contributed by atoms with Gasteiger partial charge in [-0.2, -0.15) is 4.31 Å². The molecule has 0 saturated carbocycles. The molecule has 2 aliphatic rings. The van der Waals surface area contributed by atoms with Crippen molar-refractivity contribution in [3.8, 4) is 0 Å². The summed E-state index contributed by atoms with van der Waals surface area (Å²) in [6.07, 6.45) is 5.75. The van der Waals surface area contributed by atoms with Gasteiger partial charge >= 0.3 is 0 Å². The maximum absolute atomic E-state index is 13.0. The molecule has 2 fully saturated rings. The number of rotatable bonds is 5. The fraction of sp³-hybridized carbons (Fsp3) is 0.529. The molecule has 4 rings (SSSR count). The topological polar surface area (TPSA) is 86.6 Å². The lowest BCUT2D eigenvalue weighted by Gasteiger charge is -2.31. The van der Waals surface area contributed by atoms with Gasteiger partial charge in [0.15, 0.2) is 5.03 Å². The van der Waals surface area contributed by atoms with E-state index < -0.39 is 10.0 Å². The summed E-state index contributed by atoms with van der Waals surface area (Å²) >= 11 is 0. The van der Waals surface area contributed by atoms with Gasteiger partial charge in [-0.3, -0.25) is 4.98 Å². The van der Waals surface area contributed by atoms with Crippen LogP contribution in [-0.4, -0.2) is 58.7 Å². The first-order valence-electron chi connectivity index (χ1n) is 8.68. The van der Waals surface area contributed by atoms with Crippen LogP contribution in [0.4, 0.5) is 0 Å². The van der Waals surface area contributed by atoms with Gasteiger partial charge < -0.3 is 14.0 Å². The van der Waals surface area contributed by atoms with Crippen molar-refractivity contribution in [2.24, 2.45) is 7.05 Å². The third-order valence-electron chi connectivity index (χ3n) is 4.86. The van der Waals surface area contributed by atoms with Gasteiger partial charge in [0.05, 0.1) is 30.8 Å². The summed E-state index contributed by atoms with van der Waals surface area (Å²) in [4.78, 5) is 8.28. The zero-order valence-electron chi connectivity index (χ0n) is 14.6. The minimum absolute atomic E-state index is 0.0645. The monoisotopic (exact) mass is 378 g/mol. The van der Waals surface area contributed by atoms with Crippen LogP contribution in [-0.2, 0) is 33.2 Å². The second-order valence-corrected chi connectivity index (χ2v) is 8.51. The van der Waals surface area contributed by atoms with E-state index in [9.17, 15) is 8.42 Å². The normalized spacial score (nSPS) is 26.7. The Hall–Kier alpha value is -1.81. The van der Waals surface area contributed by atoms with E-state index in [0.717, 1.165) is 18.5 Å². The van der Waals surface area contributed by atoms with Crippen LogP contribution in [0.1, 0.15) is 18.5 Å². The molecule has 140 valence electrons. The van der Waals surface area contributed by atoms with Crippen molar-refractivity contribution in [3.05, 3.63) is 42.6 Å². The van der Waals surface area contributed by atoms with Crippen LogP contribution < -0.4 is 0 Å². The predicted molar refractivity (Wildman–Crippen MR) is 92.7 cm³/mol. The van der Waals surface area contributed by atoms with Crippen molar-refractivity contribution in [1.82, 2.24) is 18.8 Å². The van der Waals surface area contributed by atoms with Gasteiger partial charge in [0.1, 0.15) is 6.10 Å². The second kappa shape index (κ2) is 7.07. The minimum Gasteiger partial charge on any atom is -0.374 e. The number of imidazole rings is 1. The molecule has 0 amide bonds. The first kappa shape index (κ1) is 17.6. The summed E-state index contributed by atoms with van der Waals surface area (Å²) in [6.45, 7) is 1.22. The standard InChI is InChI=1S/C17H22N4O4S/c1-20-10-16(19-12-20)26(22,23)21-9-15(17-14(21)6-4-8-24-17)25-11-13-5-2-3-7-18-13/h2-3,5,7,10,12,14-15,17H,4,6,8-9,11H2,1H3/t14-,15+,17+/m1/s1. The Kier molecular flexibility index (Phi) is 4.78. The summed E-state index contributed by atoms with van der Waals surface area (Å²) in [7, 11) is -1.93. The van der Waals surface area contributed by atoms with E-state index in [1.807, 2.05) is 18.2 Å². The number of fused-ring (bicyclic) bond motifs is 1. The van der Waals surface area contributed by atoms with Gasteiger partial charge in [0, 0.05) is 32.6 Å². The molecule has 0 aromatic carbocycles. The van der Waals surface area contributed by atoms with Crippen LogP contribution in [0.3, 0.4) is 0 Å². The zero-order chi connectivity index (χ0) is 18.1. The molecule has 3 atom stereocenters. The van der Waals surface area contributed by atoms with E-state index in [4.69, 9.17) is 9.47 Å². The third kappa shape index (κ3) is 3.27. The van der Waals surface area contributed by atoms with E-state index in [1.165, 1.54) is 16.8 Å². The lowest BCUT2D eigenvalue weighted by Crippen LogP contribution is -2.43. The first-order chi connectivity index (χ1) is 12.6. The van der Waals surface area contributed by atoms with E-state index in [1.54, 1.807) is 17.8 Å². The Bertz CT molecular complexity index is 855. The average Bonchev–Trinajstić information content (AvgIpc) is 3.26. The predicted octanol–water partition coefficient (Wildman–Crippen LogP) is 0.952. The lowest BCUT2D eigenvalue weighted by atomic mass is 10.0. The van der Waals surface area contributed by atoms with Crippen LogP contribution in [0.2, 0.25) is 0 Å². The van der Waals surface area contributed by atoms with Crippen molar-refractivity contribution in [2.45, 2.75) is 42.7 Å². The number of hydrogen-bond acceptors (Lipinski definition) is 6. The molecular formula is C17H22N4O4S. The number of pyridine rings is 1. The number of nitrogens with zero attached hydrogens (tertiary/aromatic N) is 4. The second-order valence-electron chi connectivity index (χ2n) is 6.67. The summed E-state index contributed by atoms with van der Waals surface area (Å²) in [5, 5.41) is 0.0645. The Morgan fingerprint density at radius 1 is 1.35 bits per heavy atom. The number of sulfonamides is 1. The van der Waals surface area contributed by atoms with Crippen LogP contribution in [0.25, 0.3) is 0 Å². The Balaban J connectivity index is 1.54. The van der Waals surface area contributed by atoms with Crippen molar-refractivity contribution < 1.29 is 17.9 Å². The molecule has 0 radical (unpaired) electrons. The van der Waals surface area contributed by atoms with Gasteiger partial charge in [0.25, 0.3) is 10.0 Å². The molecule has 2 aromatic rings. The molecule has 2 aliphatic heterocycles. The molecular weight excluding hydrogens is 356 g/mol. The van der Waals surface area contributed by atoms with Gasteiger partial charge in [-0.1, -0.05) is 6.07 Å². The number of ether oxygens (including phenoxy) is 2. The largest absolute Gasteiger partial charge is 0.374 e. The fourth-order valence-electron chi connectivity index (χ4n) is 3.61. The number of aromatic nitrogens is 3. The Labute approximate surface area is 152 Å². The highest BCUT2D eigenvalue weighted by Crippen LogP contribution is 2.34. The quantitative estimate of drug-likeness (QED) is 0.770. The molecule has 0 aliphatic carbocycles. The molecule has 0 unspecified atom stereocenters. The highest BCUT2D eigenvalue weighted by molar-refractivity contribution is 7.89. The third-order valence-corrected chi connectivity index (χ3v) is 6.63. The highest BCUT2D eigenvalue weighted by atomic mass is 32.2. The lowest BCUT2D eigenvalue weighted by molar-refractivity contribution is -0.0807. The summed E-state index contributed by atoms with van der Waals surface area (Å²) in [5.41, 5.74) is 0.811. The van der Waals surface area contributed by atoms with Crippen molar-refractivity contribution in [1.29, 1.82) is 0 Å². The molecule has 2 saturated heterocycles. The summed E-state index contributed by atoms with van der Waals surface area (Å²) in [6, 6.07) is 5.42. The molecule has 0 bridgehead atoms. The van der Waals surface area contributed by atoms with Gasteiger partial charge in [-0.25, -0.2) is 13.4 Å².